The first-order chi connectivity index (χ1) is 7.65. The van der Waals surface area contributed by atoms with E-state index in [2.05, 4.69) is 36.3 Å². The van der Waals surface area contributed by atoms with Crippen molar-refractivity contribution in [2.75, 3.05) is 25.5 Å². The number of nitrogens with one attached hydrogen (secondary N) is 1. The second-order valence-electron chi connectivity index (χ2n) is 4.71. The first-order valence-electron chi connectivity index (χ1n) is 5.86. The van der Waals surface area contributed by atoms with E-state index in [1.54, 1.807) is 0 Å². The van der Waals surface area contributed by atoms with Gasteiger partial charge in [0.05, 0.1) is 10.7 Å². The topological polar surface area (TPSA) is 15.3 Å². The molecule has 0 spiro atoms. The van der Waals surface area contributed by atoms with E-state index in [1.807, 2.05) is 6.07 Å². The highest BCUT2D eigenvalue weighted by Crippen LogP contribution is 2.25. The molecule has 1 fully saturated rings. The maximum atomic E-state index is 6.20. The number of piperidine rings is 1. The van der Waals surface area contributed by atoms with Gasteiger partial charge >= 0.3 is 0 Å². The highest BCUT2D eigenvalue weighted by Gasteiger charge is 2.16. The van der Waals surface area contributed by atoms with E-state index in [0.717, 1.165) is 10.7 Å². The molecule has 3 heteroatoms. The van der Waals surface area contributed by atoms with Gasteiger partial charge in [0.25, 0.3) is 0 Å². The lowest BCUT2D eigenvalue weighted by atomic mass is 10.1. The van der Waals surface area contributed by atoms with E-state index in [1.165, 1.54) is 31.5 Å². The van der Waals surface area contributed by atoms with Crippen LogP contribution in [0.15, 0.2) is 18.2 Å². The molecule has 0 aromatic heterocycles. The number of likely N-dealkylation sites (tertiary alicyclic amines) is 1. The Morgan fingerprint density at radius 3 is 2.62 bits per heavy atom. The quantitative estimate of drug-likeness (QED) is 0.852. The Bertz CT molecular complexity index is 357. The molecule has 0 saturated carbocycles. The van der Waals surface area contributed by atoms with Crippen molar-refractivity contribution < 1.29 is 0 Å². The van der Waals surface area contributed by atoms with Crippen LogP contribution in [-0.4, -0.2) is 31.1 Å². The van der Waals surface area contributed by atoms with E-state index < -0.39 is 0 Å². The molecule has 1 aliphatic heterocycles. The number of nitrogens with zero attached hydrogens (tertiary/aromatic N) is 1. The van der Waals surface area contributed by atoms with Gasteiger partial charge in [0.2, 0.25) is 0 Å². The highest BCUT2D eigenvalue weighted by molar-refractivity contribution is 6.33. The van der Waals surface area contributed by atoms with Crippen LogP contribution in [0.25, 0.3) is 0 Å². The fourth-order valence-electron chi connectivity index (χ4n) is 2.11. The van der Waals surface area contributed by atoms with Gasteiger partial charge in [0.15, 0.2) is 0 Å². The maximum absolute atomic E-state index is 6.20. The minimum atomic E-state index is 0.566. The van der Waals surface area contributed by atoms with Gasteiger partial charge in [-0.05, 0) is 57.6 Å². The van der Waals surface area contributed by atoms with Crippen LogP contribution in [0.3, 0.4) is 0 Å². The zero-order valence-electron chi connectivity index (χ0n) is 9.96. The molecule has 1 heterocycles. The molecule has 1 aromatic carbocycles. The van der Waals surface area contributed by atoms with Crippen molar-refractivity contribution in [1.29, 1.82) is 0 Å². The number of hydrogen-bond acceptors (Lipinski definition) is 2. The summed E-state index contributed by atoms with van der Waals surface area (Å²) < 4.78 is 0. The van der Waals surface area contributed by atoms with Crippen molar-refractivity contribution in [3.05, 3.63) is 28.8 Å². The molecule has 2 rings (SSSR count). The standard InChI is InChI=1S/C13H19ClN2/c1-10-3-4-13(12(14)9-10)15-11-5-7-16(2)8-6-11/h3-4,9,11,15H,5-8H2,1-2H3. The van der Waals surface area contributed by atoms with Gasteiger partial charge in [-0.3, -0.25) is 0 Å². The van der Waals surface area contributed by atoms with E-state index >= 15 is 0 Å². The molecule has 0 bridgehead atoms. The van der Waals surface area contributed by atoms with E-state index in [4.69, 9.17) is 11.6 Å². The van der Waals surface area contributed by atoms with Gasteiger partial charge in [-0.1, -0.05) is 17.7 Å². The number of aryl methyl sites for hydroxylation is 1. The predicted octanol–water partition coefficient (Wildman–Crippen LogP) is 3.15. The van der Waals surface area contributed by atoms with Crippen molar-refractivity contribution >= 4 is 17.3 Å². The number of rotatable bonds is 2. The Kier molecular flexibility index (Phi) is 3.72. The molecule has 1 aromatic rings. The third-order valence-electron chi connectivity index (χ3n) is 3.20. The van der Waals surface area contributed by atoms with Gasteiger partial charge in [-0.15, -0.1) is 0 Å². The van der Waals surface area contributed by atoms with Crippen molar-refractivity contribution in [2.45, 2.75) is 25.8 Å². The fourth-order valence-corrected chi connectivity index (χ4v) is 2.40. The molecular formula is C13H19ClN2. The van der Waals surface area contributed by atoms with Gasteiger partial charge in [0, 0.05) is 6.04 Å². The normalized spacial score (nSPS) is 18.7. The van der Waals surface area contributed by atoms with Gasteiger partial charge in [-0.2, -0.15) is 0 Å². The second kappa shape index (κ2) is 5.07. The van der Waals surface area contributed by atoms with Crippen molar-refractivity contribution in [3.8, 4) is 0 Å². The van der Waals surface area contributed by atoms with Gasteiger partial charge in [0.1, 0.15) is 0 Å². The Morgan fingerprint density at radius 1 is 1.31 bits per heavy atom. The predicted molar refractivity (Wildman–Crippen MR) is 70.3 cm³/mol. The molecule has 88 valence electrons. The van der Waals surface area contributed by atoms with E-state index in [-0.39, 0.29) is 0 Å². The largest absolute Gasteiger partial charge is 0.381 e. The summed E-state index contributed by atoms with van der Waals surface area (Å²) in [4.78, 5) is 2.37. The lowest BCUT2D eigenvalue weighted by molar-refractivity contribution is 0.264. The van der Waals surface area contributed by atoms with Crippen molar-refractivity contribution in [2.24, 2.45) is 0 Å². The van der Waals surface area contributed by atoms with Crippen LogP contribution in [-0.2, 0) is 0 Å². The average molecular weight is 239 g/mol. The van der Waals surface area contributed by atoms with E-state index in [9.17, 15) is 0 Å². The molecule has 1 N–H and O–H groups in total. The van der Waals surface area contributed by atoms with E-state index in [0.29, 0.717) is 6.04 Å². The van der Waals surface area contributed by atoms with Crippen molar-refractivity contribution in [1.82, 2.24) is 4.90 Å². The number of anilines is 1. The zero-order valence-corrected chi connectivity index (χ0v) is 10.7. The maximum Gasteiger partial charge on any atom is 0.0640 e. The smallest absolute Gasteiger partial charge is 0.0640 e. The first-order valence-corrected chi connectivity index (χ1v) is 6.24. The Labute approximate surface area is 103 Å². The first kappa shape index (κ1) is 11.7. The Morgan fingerprint density at radius 2 is 2.00 bits per heavy atom. The molecule has 1 aliphatic rings. The number of benzene rings is 1. The molecule has 1 saturated heterocycles. The molecule has 16 heavy (non-hydrogen) atoms. The van der Waals surface area contributed by atoms with Crippen LogP contribution < -0.4 is 5.32 Å². The molecule has 0 unspecified atom stereocenters. The lowest BCUT2D eigenvalue weighted by Crippen LogP contribution is -2.36. The number of halogens is 1. The molecule has 0 amide bonds. The average Bonchev–Trinajstić information content (AvgIpc) is 2.25. The van der Waals surface area contributed by atoms with Crippen LogP contribution in [0.4, 0.5) is 5.69 Å². The summed E-state index contributed by atoms with van der Waals surface area (Å²) in [6.07, 6.45) is 2.39. The summed E-state index contributed by atoms with van der Waals surface area (Å²) in [7, 11) is 2.18. The lowest BCUT2D eigenvalue weighted by Gasteiger charge is -2.30. The summed E-state index contributed by atoms with van der Waals surface area (Å²) >= 11 is 6.20. The molecule has 0 atom stereocenters. The highest BCUT2D eigenvalue weighted by atomic mass is 35.5. The Balaban J connectivity index is 1.98. The third-order valence-corrected chi connectivity index (χ3v) is 3.52. The summed E-state index contributed by atoms with van der Waals surface area (Å²) in [6, 6.07) is 6.76. The summed E-state index contributed by atoms with van der Waals surface area (Å²) in [5.74, 6) is 0. The minimum absolute atomic E-state index is 0.566. The molecular weight excluding hydrogens is 220 g/mol. The molecule has 0 radical (unpaired) electrons. The molecule has 2 nitrogen and oxygen atoms in total. The summed E-state index contributed by atoms with van der Waals surface area (Å²) in [5.41, 5.74) is 2.28. The van der Waals surface area contributed by atoms with Crippen LogP contribution >= 0.6 is 11.6 Å². The van der Waals surface area contributed by atoms with Gasteiger partial charge < -0.3 is 10.2 Å². The number of hydrogen-bond donors (Lipinski definition) is 1. The second-order valence-corrected chi connectivity index (χ2v) is 5.11. The summed E-state index contributed by atoms with van der Waals surface area (Å²) in [5, 5.41) is 4.37. The monoisotopic (exact) mass is 238 g/mol. The Hall–Kier alpha value is -0.730. The van der Waals surface area contributed by atoms with Crippen LogP contribution in [0.5, 0.6) is 0 Å². The van der Waals surface area contributed by atoms with Crippen LogP contribution in [0.2, 0.25) is 5.02 Å². The van der Waals surface area contributed by atoms with Crippen molar-refractivity contribution in [3.63, 3.8) is 0 Å². The van der Waals surface area contributed by atoms with Crippen LogP contribution in [0, 0.1) is 6.92 Å². The SMILES string of the molecule is Cc1ccc(NC2CCN(C)CC2)c(Cl)c1. The fraction of sp³-hybridized carbons (Fsp3) is 0.538. The third kappa shape index (κ3) is 2.89. The zero-order chi connectivity index (χ0) is 11.5. The molecule has 0 aliphatic carbocycles. The van der Waals surface area contributed by atoms with Gasteiger partial charge in [-0.25, -0.2) is 0 Å². The minimum Gasteiger partial charge on any atom is -0.381 e. The van der Waals surface area contributed by atoms with Crippen LogP contribution in [0.1, 0.15) is 18.4 Å². The summed E-state index contributed by atoms with van der Waals surface area (Å²) in [6.45, 7) is 4.40.